The summed E-state index contributed by atoms with van der Waals surface area (Å²) < 4.78 is 44.4. The van der Waals surface area contributed by atoms with E-state index in [2.05, 4.69) is 34.2 Å². The van der Waals surface area contributed by atoms with Crippen LogP contribution in [0.5, 0.6) is 5.75 Å². The van der Waals surface area contributed by atoms with Crippen LogP contribution < -0.4 is 5.63 Å². The molecule has 40 heavy (non-hydrogen) atoms. The van der Waals surface area contributed by atoms with Gasteiger partial charge in [-0.05, 0) is 24.3 Å². The van der Waals surface area contributed by atoms with Gasteiger partial charge in [0.15, 0.2) is 11.1 Å². The summed E-state index contributed by atoms with van der Waals surface area (Å²) in [7, 11) is 0. The third kappa shape index (κ3) is 4.92. The number of alkyl halides is 3. The fourth-order valence-electron chi connectivity index (χ4n) is 4.45. The van der Waals surface area contributed by atoms with Crippen LogP contribution in [-0.2, 0) is 0 Å². The number of thiophene rings is 1. The fourth-order valence-corrected chi connectivity index (χ4v) is 5.64. The van der Waals surface area contributed by atoms with E-state index >= 15 is 0 Å². The van der Waals surface area contributed by atoms with Crippen molar-refractivity contribution in [2.45, 2.75) is 6.18 Å². The zero-order valence-electron chi connectivity index (χ0n) is 20.1. The van der Waals surface area contributed by atoms with Crippen molar-refractivity contribution in [2.75, 3.05) is 0 Å². The number of pyridine rings is 2. The minimum absolute atomic E-state index is 0. The van der Waals surface area contributed by atoms with Crippen molar-refractivity contribution in [3.05, 3.63) is 101 Å². The van der Waals surface area contributed by atoms with Gasteiger partial charge in [0.25, 0.3) is 5.78 Å². The molecule has 1 radical (unpaired) electrons. The van der Waals surface area contributed by atoms with E-state index in [1.165, 1.54) is 17.4 Å². The van der Waals surface area contributed by atoms with Crippen molar-refractivity contribution in [3.63, 3.8) is 0 Å². The van der Waals surface area contributed by atoms with Crippen molar-refractivity contribution in [3.8, 4) is 5.75 Å². The molecule has 7 aromatic rings. The normalized spacial score (nSPS) is 11.5. The van der Waals surface area contributed by atoms with Crippen molar-refractivity contribution < 1.29 is 76.9 Å². The molecular formula is C29H15EuF3N2O4S. The smallest absolute Gasteiger partial charge is 0.455 e. The summed E-state index contributed by atoms with van der Waals surface area (Å²) in [6.07, 6.45) is -1.69. The van der Waals surface area contributed by atoms with Gasteiger partial charge in [0.2, 0.25) is 0 Å². The quantitative estimate of drug-likeness (QED) is 0.109. The molecule has 4 aromatic heterocycles. The third-order valence-corrected chi connectivity index (χ3v) is 7.41. The Morgan fingerprint density at radius 3 is 2.02 bits per heavy atom. The molecule has 0 aliphatic rings. The molecule has 0 unspecified atom stereocenters. The summed E-state index contributed by atoms with van der Waals surface area (Å²) in [5.74, 6) is -3.45. The van der Waals surface area contributed by atoms with E-state index in [0.29, 0.717) is 4.70 Å². The van der Waals surface area contributed by atoms with E-state index in [4.69, 9.17) is 4.42 Å². The summed E-state index contributed by atoms with van der Waals surface area (Å²) in [6, 6.07) is 22.5. The Labute approximate surface area is 267 Å². The van der Waals surface area contributed by atoms with Crippen LogP contribution in [0.1, 0.15) is 10.4 Å². The van der Waals surface area contributed by atoms with Crippen LogP contribution in [0.2, 0.25) is 0 Å². The number of fused-ring (bicyclic) bond motifs is 8. The monoisotopic (exact) mass is 697 g/mol. The number of hydrogen-bond donors (Lipinski definition) is 1. The predicted octanol–water partition coefficient (Wildman–Crippen LogP) is 7.39. The van der Waals surface area contributed by atoms with Crippen LogP contribution in [0.15, 0.2) is 94.4 Å². The second-order valence-corrected chi connectivity index (χ2v) is 9.63. The summed E-state index contributed by atoms with van der Waals surface area (Å²) >= 11 is 1.28. The second kappa shape index (κ2) is 11.0. The Bertz CT molecular complexity index is 2090. The Hall–Kier alpha value is -3.25. The average molecular weight is 696 g/mol. The van der Waals surface area contributed by atoms with E-state index in [0.717, 1.165) is 37.3 Å². The molecule has 0 aliphatic carbocycles. The van der Waals surface area contributed by atoms with Gasteiger partial charge in [0, 0.05) is 88.0 Å². The number of rotatable bonds is 1. The maximum atomic E-state index is 12.6. The van der Waals surface area contributed by atoms with Gasteiger partial charge in [-0.3, -0.25) is 14.8 Å². The molecule has 0 spiro atoms. The first-order chi connectivity index (χ1) is 18.7. The average Bonchev–Trinajstić information content (AvgIpc) is 3.32. The Morgan fingerprint density at radius 2 is 1.40 bits per heavy atom. The zero-order valence-corrected chi connectivity index (χ0v) is 23.3. The number of nitrogens with zero attached hydrogens (tertiary/aromatic N) is 2. The first-order valence-electron chi connectivity index (χ1n) is 11.5. The van der Waals surface area contributed by atoms with Crippen LogP contribution in [0.4, 0.5) is 13.2 Å². The molecule has 0 atom stereocenters. The summed E-state index contributed by atoms with van der Waals surface area (Å²) in [5.41, 5.74) is -1.01. The third-order valence-electron chi connectivity index (χ3n) is 6.22. The molecule has 0 fully saturated rings. The largest absolute Gasteiger partial charge is 0.506 e. The molecule has 1 N–H and O–H groups in total. The van der Waals surface area contributed by atoms with Crippen molar-refractivity contribution >= 4 is 70.1 Å². The summed E-state index contributed by atoms with van der Waals surface area (Å²) in [4.78, 5) is 32.1. The topological polar surface area (TPSA) is 93.3 Å². The molecule has 199 valence electrons. The van der Waals surface area contributed by atoms with Gasteiger partial charge >= 0.3 is 11.8 Å². The second-order valence-electron chi connectivity index (χ2n) is 8.57. The molecule has 0 amide bonds. The first kappa shape index (κ1) is 28.3. The van der Waals surface area contributed by atoms with E-state index < -0.39 is 28.9 Å². The Balaban J connectivity index is 0.000000182. The Kier molecular flexibility index (Phi) is 7.76. The van der Waals surface area contributed by atoms with Crippen LogP contribution >= 0.6 is 11.3 Å². The predicted molar refractivity (Wildman–Crippen MR) is 144 cm³/mol. The minimum atomic E-state index is -5.29. The Morgan fingerprint density at radius 1 is 0.800 bits per heavy atom. The number of aromatic nitrogens is 2. The van der Waals surface area contributed by atoms with Crippen LogP contribution in [-0.4, -0.2) is 27.0 Å². The number of halogens is 3. The molecule has 6 nitrogen and oxygen atoms in total. The van der Waals surface area contributed by atoms with Crippen LogP contribution in [0.3, 0.4) is 0 Å². The summed E-state index contributed by atoms with van der Waals surface area (Å²) in [5, 5.41) is 13.9. The van der Waals surface area contributed by atoms with E-state index in [1.54, 1.807) is 18.5 Å². The van der Waals surface area contributed by atoms with Crippen LogP contribution in [0, 0.1) is 49.4 Å². The zero-order chi connectivity index (χ0) is 27.3. The van der Waals surface area contributed by atoms with Gasteiger partial charge in [-0.1, -0.05) is 48.5 Å². The maximum Gasteiger partial charge on any atom is 0.455 e. The summed E-state index contributed by atoms with van der Waals surface area (Å²) in [6.45, 7) is 0. The van der Waals surface area contributed by atoms with Crippen molar-refractivity contribution in [1.82, 2.24) is 9.97 Å². The fraction of sp³-hybridized carbons (Fsp3) is 0.0345. The number of benzene rings is 3. The van der Waals surface area contributed by atoms with Gasteiger partial charge in [0.05, 0.1) is 21.1 Å². The number of ketones is 1. The standard InChI is InChI=1S/C17H7F3O4S.C12H8N2.Eu/c18-17(19,20)15(22)11-12(21)9-6-5-8-7-3-1-2-4-10(7)25-14(8)13(9)24-16(11)23;1-3-9-5-6-10-4-2-8-14-12(10)11(9)13-7-1;/h1-6,21H;1-8H;. The molecule has 0 bridgehead atoms. The minimum Gasteiger partial charge on any atom is -0.506 e. The molecule has 4 heterocycles. The number of hydrogen-bond acceptors (Lipinski definition) is 7. The number of carbonyl (C=O) groups excluding carboxylic acids is 1. The van der Waals surface area contributed by atoms with Gasteiger partial charge in [-0.15, -0.1) is 11.3 Å². The first-order valence-corrected chi connectivity index (χ1v) is 12.4. The molecular weight excluding hydrogens is 681 g/mol. The molecule has 7 rings (SSSR count). The van der Waals surface area contributed by atoms with Crippen molar-refractivity contribution in [1.29, 1.82) is 0 Å². The van der Waals surface area contributed by atoms with Gasteiger partial charge in [0.1, 0.15) is 5.75 Å². The van der Waals surface area contributed by atoms with Gasteiger partial charge < -0.3 is 9.52 Å². The van der Waals surface area contributed by atoms with Crippen molar-refractivity contribution in [2.24, 2.45) is 0 Å². The molecule has 0 saturated heterocycles. The molecule has 11 heteroatoms. The van der Waals surface area contributed by atoms with E-state index in [9.17, 15) is 27.9 Å². The maximum absolute atomic E-state index is 12.6. The van der Waals surface area contributed by atoms with E-state index in [-0.39, 0.29) is 60.3 Å². The molecule has 0 saturated carbocycles. The number of aromatic hydroxyl groups is 1. The van der Waals surface area contributed by atoms with E-state index in [1.807, 2.05) is 36.4 Å². The van der Waals surface area contributed by atoms with Gasteiger partial charge in [-0.25, -0.2) is 4.79 Å². The van der Waals surface area contributed by atoms with Gasteiger partial charge in [-0.2, -0.15) is 13.2 Å². The van der Waals surface area contributed by atoms with Crippen LogP contribution in [0.25, 0.3) is 52.9 Å². The number of Topliss-reactive ketones (excluding diaryl/α,β-unsaturated/α-hetero) is 1. The molecule has 0 aliphatic heterocycles. The number of carbonyl (C=O) groups is 1. The SMILES string of the molecule is O=C(c1c(O)c2ccc3c4ccccc4sc3c2oc1=O)C(F)(F)F.[Eu].c1cnc2c(c1)ccc1cccnc12. The molecule has 3 aromatic carbocycles.